The molecule has 1 aliphatic carbocycles. The molecule has 3 heteroatoms. The molecular weight excluding hydrogens is 190 g/mol. The van der Waals surface area contributed by atoms with Gasteiger partial charge in [-0.25, -0.2) is 0 Å². The maximum absolute atomic E-state index is 10.6. The standard InChI is InChI=1S/C12H23NO2/c1-10-4-2-5-11(13,8-10)12(14)6-3-7-15-9-12/h10,14H,2-9,13H2,1H3. The summed E-state index contributed by atoms with van der Waals surface area (Å²) in [4.78, 5) is 0. The SMILES string of the molecule is CC1CCCC(N)(C2(O)CCCOC2)C1. The van der Waals surface area contributed by atoms with E-state index in [9.17, 15) is 5.11 Å². The van der Waals surface area contributed by atoms with Crippen molar-refractivity contribution in [1.29, 1.82) is 0 Å². The van der Waals surface area contributed by atoms with Crippen LogP contribution in [0.4, 0.5) is 0 Å². The van der Waals surface area contributed by atoms with Gasteiger partial charge in [0.1, 0.15) is 5.60 Å². The lowest BCUT2D eigenvalue weighted by Crippen LogP contribution is -2.65. The van der Waals surface area contributed by atoms with Crippen molar-refractivity contribution in [3.05, 3.63) is 0 Å². The molecule has 0 bridgehead atoms. The van der Waals surface area contributed by atoms with Crippen LogP contribution < -0.4 is 5.73 Å². The Morgan fingerprint density at radius 3 is 2.73 bits per heavy atom. The van der Waals surface area contributed by atoms with E-state index in [1.54, 1.807) is 0 Å². The summed E-state index contributed by atoms with van der Waals surface area (Å²) in [6.07, 6.45) is 6.00. The molecule has 1 saturated heterocycles. The van der Waals surface area contributed by atoms with E-state index in [1.165, 1.54) is 6.42 Å². The second-order valence-electron chi connectivity index (χ2n) is 5.55. The van der Waals surface area contributed by atoms with Crippen molar-refractivity contribution in [2.24, 2.45) is 11.7 Å². The van der Waals surface area contributed by atoms with Gasteiger partial charge >= 0.3 is 0 Å². The van der Waals surface area contributed by atoms with Crippen LogP contribution >= 0.6 is 0 Å². The second-order valence-corrected chi connectivity index (χ2v) is 5.55. The van der Waals surface area contributed by atoms with Gasteiger partial charge in [-0.3, -0.25) is 0 Å². The van der Waals surface area contributed by atoms with Gasteiger partial charge in [-0.1, -0.05) is 19.8 Å². The van der Waals surface area contributed by atoms with Gasteiger partial charge in [-0.2, -0.15) is 0 Å². The number of hydrogen-bond acceptors (Lipinski definition) is 3. The first-order valence-corrected chi connectivity index (χ1v) is 6.15. The van der Waals surface area contributed by atoms with Crippen molar-refractivity contribution < 1.29 is 9.84 Å². The Morgan fingerprint density at radius 1 is 1.33 bits per heavy atom. The summed E-state index contributed by atoms with van der Waals surface area (Å²) >= 11 is 0. The Kier molecular flexibility index (Phi) is 3.06. The van der Waals surface area contributed by atoms with Crippen molar-refractivity contribution in [3.8, 4) is 0 Å². The van der Waals surface area contributed by atoms with E-state index in [0.717, 1.165) is 38.7 Å². The van der Waals surface area contributed by atoms with Gasteiger partial charge in [-0.15, -0.1) is 0 Å². The summed E-state index contributed by atoms with van der Waals surface area (Å²) in [5.74, 6) is 0.634. The van der Waals surface area contributed by atoms with Crippen LogP contribution in [-0.4, -0.2) is 29.5 Å². The first-order valence-electron chi connectivity index (χ1n) is 6.15. The molecule has 0 amide bonds. The average molecular weight is 213 g/mol. The van der Waals surface area contributed by atoms with E-state index >= 15 is 0 Å². The van der Waals surface area contributed by atoms with Crippen LogP contribution in [0, 0.1) is 5.92 Å². The summed E-state index contributed by atoms with van der Waals surface area (Å²) in [5.41, 5.74) is 5.24. The molecule has 0 aromatic carbocycles. The molecular formula is C12H23NO2. The molecule has 88 valence electrons. The zero-order valence-electron chi connectivity index (χ0n) is 9.67. The fourth-order valence-corrected chi connectivity index (χ4v) is 3.19. The molecule has 1 aliphatic heterocycles. The molecule has 0 radical (unpaired) electrons. The zero-order chi connectivity index (χ0) is 10.9. The van der Waals surface area contributed by atoms with Crippen molar-refractivity contribution in [2.45, 2.75) is 56.6 Å². The molecule has 2 aliphatic rings. The van der Waals surface area contributed by atoms with Gasteiger partial charge in [0.05, 0.1) is 6.61 Å². The van der Waals surface area contributed by atoms with Gasteiger partial charge < -0.3 is 15.6 Å². The van der Waals surface area contributed by atoms with Gasteiger partial charge in [0.15, 0.2) is 0 Å². The van der Waals surface area contributed by atoms with E-state index < -0.39 is 11.1 Å². The molecule has 3 atom stereocenters. The third-order valence-corrected chi connectivity index (χ3v) is 4.18. The van der Waals surface area contributed by atoms with E-state index in [-0.39, 0.29) is 0 Å². The lowest BCUT2D eigenvalue weighted by Gasteiger charge is -2.50. The van der Waals surface area contributed by atoms with Crippen molar-refractivity contribution in [3.63, 3.8) is 0 Å². The minimum absolute atomic E-state index is 0.412. The predicted molar refractivity (Wildman–Crippen MR) is 59.6 cm³/mol. The van der Waals surface area contributed by atoms with Gasteiger partial charge in [-0.05, 0) is 31.6 Å². The monoisotopic (exact) mass is 213 g/mol. The number of aliphatic hydroxyl groups is 1. The van der Waals surface area contributed by atoms with Crippen molar-refractivity contribution >= 4 is 0 Å². The Balaban J connectivity index is 2.11. The number of hydrogen-bond donors (Lipinski definition) is 2. The molecule has 3 N–H and O–H groups in total. The summed E-state index contributed by atoms with van der Waals surface area (Å²) in [5, 5.41) is 10.6. The molecule has 1 heterocycles. The number of rotatable bonds is 1. The third kappa shape index (κ3) is 2.05. The highest BCUT2D eigenvalue weighted by atomic mass is 16.5. The number of ether oxygens (including phenoxy) is 1. The fourth-order valence-electron chi connectivity index (χ4n) is 3.19. The molecule has 3 nitrogen and oxygen atoms in total. The molecule has 2 fully saturated rings. The maximum Gasteiger partial charge on any atom is 0.106 e. The van der Waals surface area contributed by atoms with Crippen LogP contribution in [0.5, 0.6) is 0 Å². The zero-order valence-corrected chi connectivity index (χ0v) is 9.67. The highest BCUT2D eigenvalue weighted by Crippen LogP contribution is 2.41. The minimum atomic E-state index is -0.778. The molecule has 0 spiro atoms. The molecule has 15 heavy (non-hydrogen) atoms. The van der Waals surface area contributed by atoms with Gasteiger partial charge in [0.2, 0.25) is 0 Å². The molecule has 3 unspecified atom stereocenters. The van der Waals surface area contributed by atoms with Crippen LogP contribution in [0.1, 0.15) is 45.4 Å². The third-order valence-electron chi connectivity index (χ3n) is 4.18. The normalized spacial score (nSPS) is 47.8. The highest BCUT2D eigenvalue weighted by Gasteiger charge is 2.49. The average Bonchev–Trinajstić information content (AvgIpc) is 2.18. The lowest BCUT2D eigenvalue weighted by molar-refractivity contribution is -0.141. The Bertz CT molecular complexity index is 226. The topological polar surface area (TPSA) is 55.5 Å². The second kappa shape index (κ2) is 4.04. The van der Waals surface area contributed by atoms with E-state index in [2.05, 4.69) is 6.92 Å². The quantitative estimate of drug-likeness (QED) is 0.693. The smallest absolute Gasteiger partial charge is 0.106 e. The summed E-state index contributed by atoms with van der Waals surface area (Å²) in [7, 11) is 0. The predicted octanol–water partition coefficient (Wildman–Crippen LogP) is 1.44. The van der Waals surface area contributed by atoms with Crippen LogP contribution in [-0.2, 0) is 4.74 Å². The molecule has 2 rings (SSSR count). The van der Waals surface area contributed by atoms with Gasteiger partial charge in [0, 0.05) is 12.1 Å². The first kappa shape index (κ1) is 11.4. The summed E-state index contributed by atoms with van der Waals surface area (Å²) in [6.45, 7) is 3.43. The van der Waals surface area contributed by atoms with Crippen LogP contribution in [0.25, 0.3) is 0 Å². The van der Waals surface area contributed by atoms with Crippen LogP contribution in [0.15, 0.2) is 0 Å². The Labute approximate surface area is 92.0 Å². The molecule has 0 aromatic heterocycles. The van der Waals surface area contributed by atoms with Crippen LogP contribution in [0.2, 0.25) is 0 Å². The van der Waals surface area contributed by atoms with Crippen molar-refractivity contribution in [2.75, 3.05) is 13.2 Å². The fraction of sp³-hybridized carbons (Fsp3) is 1.00. The highest BCUT2D eigenvalue weighted by molar-refractivity contribution is 5.06. The molecule has 1 saturated carbocycles. The van der Waals surface area contributed by atoms with Crippen molar-refractivity contribution in [1.82, 2.24) is 0 Å². The number of nitrogens with two attached hydrogens (primary N) is 1. The largest absolute Gasteiger partial charge is 0.386 e. The Morgan fingerprint density at radius 2 is 2.13 bits per heavy atom. The van der Waals surface area contributed by atoms with Gasteiger partial charge in [0.25, 0.3) is 0 Å². The summed E-state index contributed by atoms with van der Waals surface area (Å²) in [6, 6.07) is 0. The Hall–Kier alpha value is -0.120. The lowest BCUT2D eigenvalue weighted by atomic mass is 9.66. The van der Waals surface area contributed by atoms with E-state index in [1.807, 2.05) is 0 Å². The molecule has 0 aromatic rings. The van der Waals surface area contributed by atoms with Crippen LogP contribution in [0.3, 0.4) is 0 Å². The minimum Gasteiger partial charge on any atom is -0.386 e. The summed E-state index contributed by atoms with van der Waals surface area (Å²) < 4.78 is 5.41. The van der Waals surface area contributed by atoms with E-state index in [0.29, 0.717) is 12.5 Å². The maximum atomic E-state index is 10.6. The van der Waals surface area contributed by atoms with E-state index in [4.69, 9.17) is 10.5 Å². The first-order chi connectivity index (χ1) is 7.06.